The van der Waals surface area contributed by atoms with E-state index < -0.39 is 0 Å². The van der Waals surface area contributed by atoms with E-state index in [9.17, 15) is 10.4 Å². The summed E-state index contributed by atoms with van der Waals surface area (Å²) >= 11 is 0. The van der Waals surface area contributed by atoms with Gasteiger partial charge in [0, 0.05) is 39.3 Å². The summed E-state index contributed by atoms with van der Waals surface area (Å²) in [5.41, 5.74) is 1.60. The van der Waals surface area contributed by atoms with E-state index in [0.717, 1.165) is 68.9 Å². The van der Waals surface area contributed by atoms with Gasteiger partial charge in [0.25, 0.3) is 0 Å². The first-order chi connectivity index (χ1) is 10.7. The summed E-state index contributed by atoms with van der Waals surface area (Å²) in [5.74, 6) is 0.950. The fourth-order valence-electron chi connectivity index (χ4n) is 3.91. The van der Waals surface area contributed by atoms with Crippen LogP contribution in [0.5, 0.6) is 0 Å². The molecule has 120 valence electrons. The number of aliphatic hydroxyl groups is 1. The topological polar surface area (TPSA) is 68.3 Å². The molecule has 1 N–H and O–H groups in total. The summed E-state index contributed by atoms with van der Waals surface area (Å²) in [6.45, 7) is 5.70. The molecule has 1 aromatic heterocycles. The Bertz CT molecular complexity index is 568. The third-order valence-corrected chi connectivity index (χ3v) is 5.06. The van der Waals surface area contributed by atoms with Crippen molar-refractivity contribution in [1.82, 2.24) is 14.7 Å². The number of nitrogens with zero attached hydrogens (tertiary/aromatic N) is 5. The molecule has 6 nitrogen and oxygen atoms in total. The zero-order valence-corrected chi connectivity index (χ0v) is 13.5. The van der Waals surface area contributed by atoms with Crippen molar-refractivity contribution in [2.75, 3.05) is 31.1 Å². The first-order valence-corrected chi connectivity index (χ1v) is 8.28. The molecule has 1 aromatic rings. The fraction of sp³-hybridized carbons (Fsp3) is 0.750. The van der Waals surface area contributed by atoms with Crippen LogP contribution in [0.3, 0.4) is 0 Å². The second-order valence-corrected chi connectivity index (χ2v) is 6.32. The van der Waals surface area contributed by atoms with Crippen LogP contribution in [-0.4, -0.2) is 58.1 Å². The number of nitriles is 1. The molecule has 2 unspecified atom stereocenters. The van der Waals surface area contributed by atoms with Crippen molar-refractivity contribution in [3.63, 3.8) is 0 Å². The number of aliphatic hydroxyl groups excluding tert-OH is 1. The Morgan fingerprint density at radius 1 is 1.27 bits per heavy atom. The zero-order chi connectivity index (χ0) is 15.7. The molecule has 22 heavy (non-hydrogen) atoms. The zero-order valence-electron chi connectivity index (χ0n) is 13.5. The molecule has 0 spiro atoms. The van der Waals surface area contributed by atoms with Crippen LogP contribution in [0.25, 0.3) is 0 Å². The molecule has 0 aromatic carbocycles. The van der Waals surface area contributed by atoms with Crippen LogP contribution in [-0.2, 0) is 13.5 Å². The average molecular weight is 303 g/mol. The van der Waals surface area contributed by atoms with Gasteiger partial charge in [-0.1, -0.05) is 6.92 Å². The summed E-state index contributed by atoms with van der Waals surface area (Å²) in [6, 6.07) is 2.66. The second-order valence-electron chi connectivity index (χ2n) is 6.32. The minimum Gasteiger partial charge on any atom is -0.391 e. The molecular formula is C16H25N5O. The summed E-state index contributed by atoms with van der Waals surface area (Å²) < 4.78 is 1.84. The van der Waals surface area contributed by atoms with Crippen LogP contribution in [0.2, 0.25) is 0 Å². The lowest BCUT2D eigenvalue weighted by atomic mass is 10.1. The van der Waals surface area contributed by atoms with E-state index in [1.165, 1.54) is 0 Å². The van der Waals surface area contributed by atoms with E-state index in [4.69, 9.17) is 0 Å². The van der Waals surface area contributed by atoms with Gasteiger partial charge in [-0.15, -0.1) is 0 Å². The first kappa shape index (κ1) is 15.3. The van der Waals surface area contributed by atoms with Gasteiger partial charge in [-0.05, 0) is 25.7 Å². The van der Waals surface area contributed by atoms with Crippen molar-refractivity contribution in [3.8, 4) is 6.07 Å². The molecule has 1 aliphatic carbocycles. The van der Waals surface area contributed by atoms with Gasteiger partial charge in [0.15, 0.2) is 0 Å². The summed E-state index contributed by atoms with van der Waals surface area (Å²) in [5, 5.41) is 24.0. The highest BCUT2D eigenvalue weighted by Crippen LogP contribution is 2.28. The lowest BCUT2D eigenvalue weighted by molar-refractivity contribution is 0.0670. The summed E-state index contributed by atoms with van der Waals surface area (Å²) in [4.78, 5) is 4.68. The van der Waals surface area contributed by atoms with Gasteiger partial charge >= 0.3 is 0 Å². The predicted molar refractivity (Wildman–Crippen MR) is 84.7 cm³/mol. The molecule has 2 fully saturated rings. The van der Waals surface area contributed by atoms with Crippen LogP contribution in [0, 0.1) is 11.3 Å². The number of hydrogen-bond acceptors (Lipinski definition) is 5. The number of rotatable bonds is 3. The Morgan fingerprint density at radius 2 is 2.00 bits per heavy atom. The predicted octanol–water partition coefficient (Wildman–Crippen LogP) is 0.890. The smallest absolute Gasteiger partial charge is 0.145 e. The molecular weight excluding hydrogens is 278 g/mol. The molecule has 1 saturated carbocycles. The van der Waals surface area contributed by atoms with Crippen molar-refractivity contribution < 1.29 is 5.11 Å². The first-order valence-electron chi connectivity index (χ1n) is 8.28. The van der Waals surface area contributed by atoms with E-state index in [-0.39, 0.29) is 6.10 Å². The Morgan fingerprint density at radius 3 is 2.55 bits per heavy atom. The molecule has 2 aliphatic rings. The van der Waals surface area contributed by atoms with Gasteiger partial charge in [-0.3, -0.25) is 9.58 Å². The van der Waals surface area contributed by atoms with Crippen molar-refractivity contribution in [3.05, 3.63) is 11.3 Å². The molecule has 0 bridgehead atoms. The molecule has 2 heterocycles. The Kier molecular flexibility index (Phi) is 4.37. The fourth-order valence-corrected chi connectivity index (χ4v) is 3.91. The number of piperazine rings is 1. The van der Waals surface area contributed by atoms with Gasteiger partial charge in [-0.25, -0.2) is 0 Å². The maximum atomic E-state index is 10.1. The summed E-state index contributed by atoms with van der Waals surface area (Å²) in [6.07, 6.45) is 3.79. The van der Waals surface area contributed by atoms with E-state index in [2.05, 4.69) is 21.0 Å². The molecule has 1 aliphatic heterocycles. The SMILES string of the molecule is CCc1nn(C)c(N2CCN(C3CCCC3O)CC2)c1C#N. The van der Waals surface area contributed by atoms with Crippen LogP contribution in [0.1, 0.15) is 37.4 Å². The molecule has 6 heteroatoms. The highest BCUT2D eigenvalue weighted by molar-refractivity contribution is 5.57. The lowest BCUT2D eigenvalue weighted by Crippen LogP contribution is -2.52. The number of hydrogen-bond donors (Lipinski definition) is 1. The highest BCUT2D eigenvalue weighted by Gasteiger charge is 2.33. The Hall–Kier alpha value is -1.58. The van der Waals surface area contributed by atoms with Crippen molar-refractivity contribution in [1.29, 1.82) is 5.26 Å². The van der Waals surface area contributed by atoms with E-state index >= 15 is 0 Å². The molecule has 0 amide bonds. The van der Waals surface area contributed by atoms with Gasteiger partial charge in [0.1, 0.15) is 17.5 Å². The molecule has 0 radical (unpaired) electrons. The Labute approximate surface area is 131 Å². The maximum Gasteiger partial charge on any atom is 0.145 e. The third kappa shape index (κ3) is 2.59. The molecule has 1 saturated heterocycles. The van der Waals surface area contributed by atoms with Crippen molar-refractivity contribution >= 4 is 5.82 Å². The van der Waals surface area contributed by atoms with Crippen LogP contribution in [0.4, 0.5) is 5.82 Å². The average Bonchev–Trinajstić information content (AvgIpc) is 3.10. The third-order valence-electron chi connectivity index (χ3n) is 5.06. The normalized spacial score (nSPS) is 26.4. The van der Waals surface area contributed by atoms with E-state index in [0.29, 0.717) is 6.04 Å². The monoisotopic (exact) mass is 303 g/mol. The Balaban J connectivity index is 1.72. The molecule has 2 atom stereocenters. The lowest BCUT2D eigenvalue weighted by Gasteiger charge is -2.39. The largest absolute Gasteiger partial charge is 0.391 e. The number of aryl methyl sites for hydroxylation is 2. The second kappa shape index (κ2) is 6.27. The molecule has 3 rings (SSSR count). The minimum absolute atomic E-state index is 0.162. The maximum absolute atomic E-state index is 10.1. The number of aromatic nitrogens is 2. The van der Waals surface area contributed by atoms with E-state index in [1.807, 2.05) is 18.7 Å². The van der Waals surface area contributed by atoms with Gasteiger partial charge in [-0.2, -0.15) is 10.4 Å². The minimum atomic E-state index is -0.162. The highest BCUT2D eigenvalue weighted by atomic mass is 16.3. The van der Waals surface area contributed by atoms with Gasteiger partial charge in [0.2, 0.25) is 0 Å². The van der Waals surface area contributed by atoms with Crippen molar-refractivity contribution in [2.45, 2.75) is 44.8 Å². The van der Waals surface area contributed by atoms with Crippen LogP contribution in [0.15, 0.2) is 0 Å². The van der Waals surface area contributed by atoms with Crippen LogP contribution >= 0.6 is 0 Å². The van der Waals surface area contributed by atoms with Crippen LogP contribution < -0.4 is 4.90 Å². The van der Waals surface area contributed by atoms with E-state index in [1.54, 1.807) is 0 Å². The van der Waals surface area contributed by atoms with Gasteiger partial charge in [0.05, 0.1) is 11.8 Å². The van der Waals surface area contributed by atoms with Crippen molar-refractivity contribution in [2.24, 2.45) is 7.05 Å². The summed E-state index contributed by atoms with van der Waals surface area (Å²) in [7, 11) is 1.92. The van der Waals surface area contributed by atoms with Gasteiger partial charge < -0.3 is 10.0 Å². The quantitative estimate of drug-likeness (QED) is 0.898. The number of anilines is 1. The standard InChI is InChI=1S/C16H25N5O/c1-3-13-12(11-17)16(19(2)18-13)21-9-7-20(8-10-21)14-5-4-6-15(14)22/h14-15,22H,3-10H2,1-2H3.